The van der Waals surface area contributed by atoms with Crippen molar-refractivity contribution in [1.82, 2.24) is 0 Å². The number of aromatic hydroxyl groups is 2. The highest BCUT2D eigenvalue weighted by Crippen LogP contribution is 2.39. The van der Waals surface area contributed by atoms with Gasteiger partial charge in [-0.2, -0.15) is 0 Å². The molecule has 0 spiro atoms. The highest BCUT2D eigenvalue weighted by molar-refractivity contribution is 5.95. The lowest BCUT2D eigenvalue weighted by Crippen LogP contribution is -1.92. The molecule has 0 radical (unpaired) electrons. The van der Waals surface area contributed by atoms with Crippen molar-refractivity contribution in [3.05, 3.63) is 140 Å². The van der Waals surface area contributed by atoms with E-state index in [2.05, 4.69) is 124 Å². The van der Waals surface area contributed by atoms with Gasteiger partial charge >= 0.3 is 0 Å². The van der Waals surface area contributed by atoms with E-state index >= 15 is 0 Å². The summed E-state index contributed by atoms with van der Waals surface area (Å²) < 4.78 is 0. The summed E-state index contributed by atoms with van der Waals surface area (Å²) in [5, 5.41) is 23.0. The quantitative estimate of drug-likeness (QED) is 0.0736. The van der Waals surface area contributed by atoms with Crippen LogP contribution >= 0.6 is 0 Å². The zero-order valence-corrected chi connectivity index (χ0v) is 38.9. The molecule has 58 heavy (non-hydrogen) atoms. The summed E-state index contributed by atoms with van der Waals surface area (Å²) in [7, 11) is 0. The van der Waals surface area contributed by atoms with Gasteiger partial charge in [-0.1, -0.05) is 129 Å². The number of rotatable bonds is 26. The van der Waals surface area contributed by atoms with E-state index in [9.17, 15) is 10.2 Å². The van der Waals surface area contributed by atoms with Gasteiger partial charge in [0, 0.05) is 16.3 Å². The third kappa shape index (κ3) is 21.1. The Hall–Kier alpha value is -4.04. The molecule has 0 fully saturated rings. The van der Waals surface area contributed by atoms with Gasteiger partial charge in [0.25, 0.3) is 0 Å². The molecule has 0 saturated heterocycles. The molecule has 2 N–H and O–H groups in total. The Morgan fingerprint density at radius 2 is 0.638 bits per heavy atom. The van der Waals surface area contributed by atoms with Crippen molar-refractivity contribution in [2.24, 2.45) is 0 Å². The number of phenolic OH excluding ortho intramolecular Hbond substituents is 2. The Labute approximate surface area is 356 Å². The summed E-state index contributed by atoms with van der Waals surface area (Å²) >= 11 is 0. The first-order chi connectivity index (χ1) is 27.7. The zero-order chi connectivity index (χ0) is 42.9. The average molecular weight is 787 g/mol. The van der Waals surface area contributed by atoms with Crippen LogP contribution in [0.3, 0.4) is 0 Å². The fourth-order valence-corrected chi connectivity index (χ4v) is 7.34. The molecule has 0 aliphatic carbocycles. The number of fused-ring (bicyclic) bond motifs is 1. The van der Waals surface area contributed by atoms with Crippen molar-refractivity contribution < 1.29 is 10.2 Å². The van der Waals surface area contributed by atoms with E-state index in [0.717, 1.165) is 94.6 Å². The van der Waals surface area contributed by atoms with Crippen LogP contribution in [0.2, 0.25) is 0 Å². The van der Waals surface area contributed by atoms with Gasteiger partial charge in [0.1, 0.15) is 11.5 Å². The van der Waals surface area contributed by atoms with Crippen LogP contribution in [-0.4, -0.2) is 10.2 Å². The van der Waals surface area contributed by atoms with Gasteiger partial charge in [-0.3, -0.25) is 0 Å². The molecule has 2 rings (SSSR count). The van der Waals surface area contributed by atoms with Crippen LogP contribution in [0.1, 0.15) is 183 Å². The fraction of sp³-hybridized carbons (Fsp3) is 0.500. The van der Waals surface area contributed by atoms with Crippen molar-refractivity contribution in [3.8, 4) is 11.5 Å². The van der Waals surface area contributed by atoms with E-state index in [1.807, 2.05) is 31.2 Å². The maximum Gasteiger partial charge on any atom is 0.127 e. The molecule has 0 aliphatic heterocycles. The second kappa shape index (κ2) is 28.4. The summed E-state index contributed by atoms with van der Waals surface area (Å²) in [6.07, 6.45) is 40.3. The van der Waals surface area contributed by atoms with Crippen molar-refractivity contribution in [2.75, 3.05) is 0 Å². The molecule has 318 valence electrons. The Morgan fingerprint density at radius 1 is 0.379 bits per heavy atom. The molecule has 2 aromatic carbocycles. The molecule has 2 heteroatoms. The van der Waals surface area contributed by atoms with E-state index in [-0.39, 0.29) is 11.5 Å². The van der Waals surface area contributed by atoms with Gasteiger partial charge < -0.3 is 10.2 Å². The average Bonchev–Trinajstić information content (AvgIpc) is 3.17. The van der Waals surface area contributed by atoms with Crippen molar-refractivity contribution in [3.63, 3.8) is 0 Å². The normalized spacial score (nSPS) is 14.2. The monoisotopic (exact) mass is 787 g/mol. The molecule has 2 nitrogen and oxygen atoms in total. The molecular formula is C56H82O2. The lowest BCUT2D eigenvalue weighted by molar-refractivity contribution is 0.461. The topological polar surface area (TPSA) is 40.5 Å². The molecular weight excluding hydrogens is 705 g/mol. The molecule has 0 amide bonds. The molecule has 0 saturated carbocycles. The summed E-state index contributed by atoms with van der Waals surface area (Å²) in [5.41, 5.74) is 14.8. The van der Waals surface area contributed by atoms with Crippen LogP contribution in [0.25, 0.3) is 10.8 Å². The van der Waals surface area contributed by atoms with Crippen molar-refractivity contribution in [1.29, 1.82) is 0 Å². The number of allylic oxidation sites excluding steroid dienone is 18. The van der Waals surface area contributed by atoms with Gasteiger partial charge in [0.05, 0.1) is 0 Å². The first kappa shape index (κ1) is 50.1. The SMILES string of the molecule is CC(C)=CCC/C(C)=C/CC/C(C)=C/CC/C(C)=C/CC/C(C)=C/CC/C(C)=C/CC/C(C)=C/CC/C(C)=C/CC/C(C)=C/Cc1c(C)c(O)c2ccccc2c1O. The fourth-order valence-electron chi connectivity index (χ4n) is 7.34. The van der Waals surface area contributed by atoms with Gasteiger partial charge in [0.15, 0.2) is 0 Å². The van der Waals surface area contributed by atoms with Crippen LogP contribution in [-0.2, 0) is 6.42 Å². The van der Waals surface area contributed by atoms with Gasteiger partial charge in [-0.05, 0) is 191 Å². The van der Waals surface area contributed by atoms with E-state index in [4.69, 9.17) is 0 Å². The molecule has 0 atom stereocenters. The minimum absolute atomic E-state index is 0.267. The molecule has 2 aromatic rings. The lowest BCUT2D eigenvalue weighted by Gasteiger charge is -2.13. The first-order valence-electron chi connectivity index (χ1n) is 22.5. The van der Waals surface area contributed by atoms with E-state index in [1.165, 1.54) is 69.4 Å². The predicted octanol–water partition coefficient (Wildman–Crippen LogP) is 17.9. The second-order valence-corrected chi connectivity index (χ2v) is 17.5. The first-order valence-corrected chi connectivity index (χ1v) is 22.5. The van der Waals surface area contributed by atoms with Crippen LogP contribution in [0.15, 0.2) is 129 Å². The van der Waals surface area contributed by atoms with Gasteiger partial charge in [-0.15, -0.1) is 0 Å². The van der Waals surface area contributed by atoms with Gasteiger partial charge in [0.2, 0.25) is 0 Å². The van der Waals surface area contributed by atoms with E-state index in [1.54, 1.807) is 0 Å². The van der Waals surface area contributed by atoms with E-state index in [0.29, 0.717) is 17.2 Å². The van der Waals surface area contributed by atoms with Crippen LogP contribution in [0.5, 0.6) is 11.5 Å². The Bertz CT molecular complexity index is 1850. The Balaban J connectivity index is 1.61. The zero-order valence-electron chi connectivity index (χ0n) is 38.9. The summed E-state index contributed by atoms with van der Waals surface area (Å²) in [6.45, 7) is 24.4. The highest BCUT2D eigenvalue weighted by atomic mass is 16.3. The summed E-state index contributed by atoms with van der Waals surface area (Å²) in [4.78, 5) is 0. The Kier molecular flexibility index (Phi) is 24.5. The molecule has 0 heterocycles. The highest BCUT2D eigenvalue weighted by Gasteiger charge is 2.14. The predicted molar refractivity (Wildman–Crippen MR) is 259 cm³/mol. The maximum atomic E-state index is 10.9. The molecule has 0 unspecified atom stereocenters. The van der Waals surface area contributed by atoms with Crippen LogP contribution in [0, 0.1) is 6.92 Å². The van der Waals surface area contributed by atoms with Crippen LogP contribution < -0.4 is 0 Å². The number of benzene rings is 2. The number of hydrogen-bond acceptors (Lipinski definition) is 2. The van der Waals surface area contributed by atoms with Gasteiger partial charge in [-0.25, -0.2) is 0 Å². The van der Waals surface area contributed by atoms with E-state index < -0.39 is 0 Å². The Morgan fingerprint density at radius 3 is 0.931 bits per heavy atom. The van der Waals surface area contributed by atoms with Crippen molar-refractivity contribution >= 4 is 10.8 Å². The largest absolute Gasteiger partial charge is 0.507 e. The third-order valence-corrected chi connectivity index (χ3v) is 11.5. The molecule has 0 bridgehead atoms. The third-order valence-electron chi connectivity index (χ3n) is 11.5. The number of phenols is 2. The maximum absolute atomic E-state index is 10.9. The second-order valence-electron chi connectivity index (χ2n) is 17.5. The molecule has 0 aromatic heterocycles. The number of hydrogen-bond donors (Lipinski definition) is 2. The summed E-state index contributed by atoms with van der Waals surface area (Å²) in [6, 6.07) is 7.50. The molecule has 0 aliphatic rings. The minimum atomic E-state index is 0.267. The standard InChI is InChI=1S/C56H82O2/c1-42(2)22-14-23-43(3)24-15-25-44(4)26-16-27-45(5)28-17-29-46(6)30-18-31-47(7)32-19-33-48(8)34-20-35-49(9)36-21-37-50(10)40-41-52-51(11)55(57)53-38-12-13-39-54(53)56(52)58/h12-13,22,24,26,28,30,32,34,36,38-40,57-58H,14-21,23,25,27,29,31,33,35,37,41H2,1-11H3/b43-24+,44-26+,45-28+,46-30+,47-32+,48-34+,49-36+,50-40+. The lowest BCUT2D eigenvalue weighted by atomic mass is 9.95. The minimum Gasteiger partial charge on any atom is -0.507 e. The van der Waals surface area contributed by atoms with Crippen LogP contribution in [0.4, 0.5) is 0 Å². The van der Waals surface area contributed by atoms with Crippen molar-refractivity contribution in [2.45, 2.75) is 185 Å². The summed E-state index contributed by atoms with van der Waals surface area (Å²) in [5.74, 6) is 0.548. The smallest absolute Gasteiger partial charge is 0.127 e.